The van der Waals surface area contributed by atoms with E-state index in [4.69, 9.17) is 9.47 Å². The molecule has 1 saturated carbocycles. The molecule has 0 amide bonds. The summed E-state index contributed by atoms with van der Waals surface area (Å²) in [7, 11) is 1.87. The van der Waals surface area contributed by atoms with Crippen LogP contribution in [0, 0.1) is 5.41 Å². The molecule has 0 bridgehead atoms. The Morgan fingerprint density at radius 3 is 2.43 bits per heavy atom. The third-order valence-electron chi connectivity index (χ3n) is 4.91. The Bertz CT molecular complexity index is 349. The minimum Gasteiger partial charge on any atom is -0.379 e. The lowest BCUT2D eigenvalue weighted by atomic mass is 9.68. The van der Waals surface area contributed by atoms with E-state index in [1.807, 2.05) is 7.05 Å². The standard InChI is InChI=1S/C17H33N3O2.HI/c1-3-4-11-21-13-14-22-12-9-19-16(18-2)20-10-8-17(15-20)6-5-7-17;/h3-15H2,1-2H3,(H,18,19);1H. The van der Waals surface area contributed by atoms with Crippen molar-refractivity contribution in [3.8, 4) is 0 Å². The maximum Gasteiger partial charge on any atom is 0.193 e. The first-order valence-corrected chi connectivity index (χ1v) is 8.91. The molecule has 0 unspecified atom stereocenters. The molecule has 6 heteroatoms. The van der Waals surface area contributed by atoms with Crippen LogP contribution in [0.25, 0.3) is 0 Å². The highest BCUT2D eigenvalue weighted by Crippen LogP contribution is 2.47. The monoisotopic (exact) mass is 439 g/mol. The number of ether oxygens (including phenoxy) is 2. The Kier molecular flexibility index (Phi) is 10.5. The fourth-order valence-corrected chi connectivity index (χ4v) is 3.34. The van der Waals surface area contributed by atoms with E-state index in [2.05, 4.69) is 22.1 Å². The van der Waals surface area contributed by atoms with Crippen LogP contribution in [0.1, 0.15) is 45.4 Å². The highest BCUT2D eigenvalue weighted by atomic mass is 127. The van der Waals surface area contributed by atoms with Crippen molar-refractivity contribution in [1.29, 1.82) is 0 Å². The molecule has 0 aromatic carbocycles. The summed E-state index contributed by atoms with van der Waals surface area (Å²) in [5.41, 5.74) is 0.615. The number of halogens is 1. The van der Waals surface area contributed by atoms with Gasteiger partial charge < -0.3 is 19.7 Å². The van der Waals surface area contributed by atoms with Gasteiger partial charge in [0.15, 0.2) is 5.96 Å². The maximum atomic E-state index is 5.58. The van der Waals surface area contributed by atoms with E-state index in [0.717, 1.165) is 32.1 Å². The number of nitrogens with zero attached hydrogens (tertiary/aromatic N) is 2. The van der Waals surface area contributed by atoms with Crippen molar-refractivity contribution in [2.45, 2.75) is 45.4 Å². The first kappa shape index (κ1) is 21.0. The lowest BCUT2D eigenvalue weighted by Crippen LogP contribution is -2.43. The number of nitrogens with one attached hydrogen (secondary N) is 1. The summed E-state index contributed by atoms with van der Waals surface area (Å²) in [6.45, 7) is 8.23. The number of hydrogen-bond acceptors (Lipinski definition) is 3. The van der Waals surface area contributed by atoms with Crippen LogP contribution in [0.5, 0.6) is 0 Å². The molecule has 1 spiro atoms. The topological polar surface area (TPSA) is 46.1 Å². The molecule has 0 atom stereocenters. The minimum atomic E-state index is 0. The van der Waals surface area contributed by atoms with Crippen LogP contribution in [0.3, 0.4) is 0 Å². The van der Waals surface area contributed by atoms with Crippen molar-refractivity contribution >= 4 is 29.9 Å². The maximum absolute atomic E-state index is 5.58. The molecule has 1 N–H and O–H groups in total. The fraction of sp³-hybridized carbons (Fsp3) is 0.941. The predicted octanol–water partition coefficient (Wildman–Crippen LogP) is 2.89. The van der Waals surface area contributed by atoms with Crippen molar-refractivity contribution in [3.05, 3.63) is 0 Å². The normalized spacial score (nSPS) is 19.6. The first-order valence-electron chi connectivity index (χ1n) is 8.91. The zero-order valence-corrected chi connectivity index (χ0v) is 17.1. The zero-order valence-electron chi connectivity index (χ0n) is 14.8. The zero-order chi connectivity index (χ0) is 15.7. The van der Waals surface area contributed by atoms with Crippen molar-refractivity contribution in [2.75, 3.05) is 53.1 Å². The Morgan fingerprint density at radius 1 is 1.13 bits per heavy atom. The van der Waals surface area contributed by atoms with Gasteiger partial charge in [-0.1, -0.05) is 19.8 Å². The number of unbranched alkanes of at least 4 members (excludes halogenated alkanes) is 1. The van der Waals surface area contributed by atoms with Crippen molar-refractivity contribution < 1.29 is 9.47 Å². The third-order valence-corrected chi connectivity index (χ3v) is 4.91. The number of guanidine groups is 1. The summed E-state index contributed by atoms with van der Waals surface area (Å²) in [5, 5.41) is 3.42. The third kappa shape index (κ3) is 6.74. The molecule has 2 fully saturated rings. The molecule has 1 saturated heterocycles. The minimum absolute atomic E-state index is 0. The van der Waals surface area contributed by atoms with E-state index < -0.39 is 0 Å². The molecule has 1 aliphatic heterocycles. The molecular formula is C17H34IN3O2. The molecule has 1 heterocycles. The van der Waals surface area contributed by atoms with E-state index in [1.54, 1.807) is 0 Å². The molecule has 0 aromatic rings. The molecule has 2 rings (SSSR count). The van der Waals surface area contributed by atoms with Gasteiger partial charge in [-0.05, 0) is 31.1 Å². The summed E-state index contributed by atoms with van der Waals surface area (Å²) in [6.07, 6.45) is 7.87. The van der Waals surface area contributed by atoms with E-state index >= 15 is 0 Å². The van der Waals surface area contributed by atoms with Gasteiger partial charge in [-0.15, -0.1) is 24.0 Å². The fourth-order valence-electron chi connectivity index (χ4n) is 3.34. The molecular weight excluding hydrogens is 405 g/mol. The van der Waals surface area contributed by atoms with Crippen LogP contribution in [-0.2, 0) is 9.47 Å². The lowest BCUT2D eigenvalue weighted by molar-refractivity contribution is 0.0486. The van der Waals surface area contributed by atoms with Gasteiger partial charge in [-0.2, -0.15) is 0 Å². The van der Waals surface area contributed by atoms with E-state index in [1.165, 1.54) is 38.6 Å². The number of likely N-dealkylation sites (tertiary alicyclic amines) is 1. The molecule has 136 valence electrons. The van der Waals surface area contributed by atoms with E-state index in [0.29, 0.717) is 25.2 Å². The van der Waals surface area contributed by atoms with Gasteiger partial charge in [-0.25, -0.2) is 0 Å². The van der Waals surface area contributed by atoms with Gasteiger partial charge in [-0.3, -0.25) is 4.99 Å². The molecule has 5 nitrogen and oxygen atoms in total. The van der Waals surface area contributed by atoms with E-state index in [9.17, 15) is 0 Å². The highest BCUT2D eigenvalue weighted by Gasteiger charge is 2.43. The van der Waals surface area contributed by atoms with Gasteiger partial charge in [0.05, 0.1) is 19.8 Å². The predicted molar refractivity (Wildman–Crippen MR) is 106 cm³/mol. The second-order valence-electron chi connectivity index (χ2n) is 6.58. The van der Waals surface area contributed by atoms with Gasteiger partial charge in [0, 0.05) is 33.3 Å². The van der Waals surface area contributed by atoms with Crippen LogP contribution < -0.4 is 5.32 Å². The van der Waals surface area contributed by atoms with Gasteiger partial charge in [0.2, 0.25) is 0 Å². The van der Waals surface area contributed by atoms with Gasteiger partial charge >= 0.3 is 0 Å². The molecule has 2 aliphatic rings. The van der Waals surface area contributed by atoms with Crippen LogP contribution in [0.2, 0.25) is 0 Å². The van der Waals surface area contributed by atoms with Gasteiger partial charge in [0.1, 0.15) is 0 Å². The number of rotatable bonds is 9. The summed E-state index contributed by atoms with van der Waals surface area (Å²) in [4.78, 5) is 6.82. The summed E-state index contributed by atoms with van der Waals surface area (Å²) < 4.78 is 11.1. The molecule has 23 heavy (non-hydrogen) atoms. The van der Waals surface area contributed by atoms with Crippen LogP contribution in [-0.4, -0.2) is 64.0 Å². The molecule has 0 radical (unpaired) electrons. The van der Waals surface area contributed by atoms with Gasteiger partial charge in [0.25, 0.3) is 0 Å². The second kappa shape index (κ2) is 11.5. The summed E-state index contributed by atoms with van der Waals surface area (Å²) in [6, 6.07) is 0. The average Bonchev–Trinajstić information content (AvgIpc) is 2.95. The lowest BCUT2D eigenvalue weighted by Gasteiger charge is -2.38. The highest BCUT2D eigenvalue weighted by molar-refractivity contribution is 14.0. The smallest absolute Gasteiger partial charge is 0.193 e. The Labute approximate surface area is 158 Å². The Hall–Kier alpha value is -0.0800. The van der Waals surface area contributed by atoms with Crippen LogP contribution in [0.4, 0.5) is 0 Å². The number of aliphatic imine (C=N–C) groups is 1. The van der Waals surface area contributed by atoms with Crippen molar-refractivity contribution in [3.63, 3.8) is 0 Å². The van der Waals surface area contributed by atoms with Crippen molar-refractivity contribution in [2.24, 2.45) is 10.4 Å². The van der Waals surface area contributed by atoms with E-state index in [-0.39, 0.29) is 24.0 Å². The average molecular weight is 439 g/mol. The molecule has 0 aromatic heterocycles. The second-order valence-corrected chi connectivity index (χ2v) is 6.58. The largest absolute Gasteiger partial charge is 0.379 e. The Balaban J connectivity index is 0.00000264. The summed E-state index contributed by atoms with van der Waals surface area (Å²) in [5.74, 6) is 1.03. The SMILES string of the molecule is CCCCOCCOCCNC(=NC)N1CCC2(CCC2)C1.I. The number of hydrogen-bond donors (Lipinski definition) is 1. The molecule has 1 aliphatic carbocycles. The summed E-state index contributed by atoms with van der Waals surface area (Å²) >= 11 is 0. The Morgan fingerprint density at radius 2 is 1.87 bits per heavy atom. The van der Waals surface area contributed by atoms with Crippen LogP contribution >= 0.6 is 24.0 Å². The quantitative estimate of drug-likeness (QED) is 0.260. The van der Waals surface area contributed by atoms with Crippen molar-refractivity contribution in [1.82, 2.24) is 10.2 Å². The first-order chi connectivity index (χ1) is 10.8. The van der Waals surface area contributed by atoms with Crippen LogP contribution in [0.15, 0.2) is 4.99 Å².